The summed E-state index contributed by atoms with van der Waals surface area (Å²) >= 11 is 0. The summed E-state index contributed by atoms with van der Waals surface area (Å²) in [5.74, 6) is 0.583. The lowest BCUT2D eigenvalue weighted by Crippen LogP contribution is -2.43. The number of aryl methyl sites for hydroxylation is 1. The molecular weight excluding hydrogens is 218 g/mol. The van der Waals surface area contributed by atoms with Crippen LogP contribution in [-0.2, 0) is 11.8 Å². The van der Waals surface area contributed by atoms with Gasteiger partial charge in [-0.1, -0.05) is 25.0 Å². The molecule has 1 aliphatic carbocycles. The third-order valence-corrected chi connectivity index (χ3v) is 3.93. The largest absolute Gasteiger partial charge is 0.384 e. The number of aliphatic hydroxyl groups excluding tert-OH is 1. The van der Waals surface area contributed by atoms with Gasteiger partial charge in [-0.25, -0.2) is 4.68 Å². The molecule has 96 valence electrons. The van der Waals surface area contributed by atoms with Gasteiger partial charge in [-0.15, -0.1) is 5.10 Å². The van der Waals surface area contributed by atoms with Crippen LogP contribution in [0.2, 0.25) is 0 Å². The highest BCUT2D eigenvalue weighted by Gasteiger charge is 2.43. The van der Waals surface area contributed by atoms with Crippen LogP contribution in [0.25, 0.3) is 0 Å². The van der Waals surface area contributed by atoms with Gasteiger partial charge in [-0.3, -0.25) is 0 Å². The molecule has 0 saturated heterocycles. The fraction of sp³-hybridized carbons (Fsp3) is 0.833. The lowest BCUT2D eigenvalue weighted by Gasteiger charge is -2.42. The molecule has 0 spiro atoms. The summed E-state index contributed by atoms with van der Waals surface area (Å²) in [6, 6.07) is 0. The molecule has 1 aromatic rings. The molecule has 3 atom stereocenters. The Hall–Kier alpha value is -0.940. The Morgan fingerprint density at radius 3 is 2.94 bits per heavy atom. The first-order valence-corrected chi connectivity index (χ1v) is 6.17. The summed E-state index contributed by atoms with van der Waals surface area (Å²) in [4.78, 5) is 0. The van der Waals surface area contributed by atoms with Gasteiger partial charge < -0.3 is 9.84 Å². The zero-order valence-electron chi connectivity index (χ0n) is 10.8. The first kappa shape index (κ1) is 12.5. The topological polar surface area (TPSA) is 60.2 Å². The van der Waals surface area contributed by atoms with E-state index in [0.29, 0.717) is 5.92 Å². The lowest BCUT2D eigenvalue weighted by molar-refractivity contribution is -0.136. The molecule has 0 bridgehead atoms. The molecule has 1 saturated carbocycles. The molecule has 3 unspecified atom stereocenters. The van der Waals surface area contributed by atoms with E-state index in [1.807, 2.05) is 0 Å². The maximum Gasteiger partial charge on any atom is 0.126 e. The zero-order valence-corrected chi connectivity index (χ0v) is 10.8. The van der Waals surface area contributed by atoms with Crippen LogP contribution >= 0.6 is 0 Å². The van der Waals surface area contributed by atoms with E-state index < -0.39 is 11.7 Å². The highest BCUT2D eigenvalue weighted by molar-refractivity contribution is 5.08. The highest BCUT2D eigenvalue weighted by atomic mass is 16.5. The monoisotopic (exact) mass is 239 g/mol. The number of nitrogens with zero attached hydrogens (tertiary/aromatic N) is 3. The summed E-state index contributed by atoms with van der Waals surface area (Å²) in [5.41, 5.74) is 0.244. The molecule has 1 heterocycles. The number of hydrogen-bond donors (Lipinski definition) is 1. The second kappa shape index (κ2) is 4.74. The van der Waals surface area contributed by atoms with Crippen LogP contribution in [0.15, 0.2) is 6.20 Å². The summed E-state index contributed by atoms with van der Waals surface area (Å²) < 4.78 is 7.29. The Labute approximate surface area is 102 Å². The smallest absolute Gasteiger partial charge is 0.126 e. The highest BCUT2D eigenvalue weighted by Crippen LogP contribution is 2.42. The van der Waals surface area contributed by atoms with Crippen LogP contribution in [0.5, 0.6) is 0 Å². The summed E-state index contributed by atoms with van der Waals surface area (Å²) in [6.45, 7) is 2.21. The normalized spacial score (nSPS) is 31.4. The molecule has 1 aliphatic rings. The van der Waals surface area contributed by atoms with Gasteiger partial charge in [0.15, 0.2) is 0 Å². The van der Waals surface area contributed by atoms with Crippen molar-refractivity contribution in [2.75, 3.05) is 7.11 Å². The van der Waals surface area contributed by atoms with Crippen molar-refractivity contribution in [1.29, 1.82) is 0 Å². The Kier molecular flexibility index (Phi) is 3.49. The molecule has 5 nitrogen and oxygen atoms in total. The SMILES string of the molecule is COC1(C(O)c2cnnn2C)CCCC(C)C1. The van der Waals surface area contributed by atoms with E-state index in [4.69, 9.17) is 4.74 Å². The molecule has 1 aromatic heterocycles. The molecule has 17 heavy (non-hydrogen) atoms. The van der Waals surface area contributed by atoms with Gasteiger partial charge in [-0.2, -0.15) is 0 Å². The van der Waals surface area contributed by atoms with Crippen molar-refractivity contribution < 1.29 is 9.84 Å². The molecule has 5 heteroatoms. The van der Waals surface area contributed by atoms with Crippen molar-refractivity contribution in [3.63, 3.8) is 0 Å². The fourth-order valence-corrected chi connectivity index (χ4v) is 2.90. The summed E-state index contributed by atoms with van der Waals surface area (Å²) in [7, 11) is 3.48. The fourth-order valence-electron chi connectivity index (χ4n) is 2.90. The Balaban J connectivity index is 2.26. The van der Waals surface area contributed by atoms with Crippen molar-refractivity contribution in [2.24, 2.45) is 13.0 Å². The van der Waals surface area contributed by atoms with Crippen LogP contribution < -0.4 is 0 Å². The molecule has 1 fully saturated rings. The molecule has 0 aliphatic heterocycles. The standard InChI is InChI=1S/C12H21N3O2/c1-9-5-4-6-12(7-9,17-3)11(16)10-8-13-14-15(10)2/h8-9,11,16H,4-7H2,1-3H3. The Bertz CT molecular complexity index is 380. The molecule has 1 N–H and O–H groups in total. The predicted molar refractivity (Wildman–Crippen MR) is 63.3 cm³/mol. The van der Waals surface area contributed by atoms with Gasteiger partial charge in [0, 0.05) is 14.2 Å². The van der Waals surface area contributed by atoms with Gasteiger partial charge >= 0.3 is 0 Å². The van der Waals surface area contributed by atoms with Gasteiger partial charge in [0.1, 0.15) is 6.10 Å². The molecule has 0 radical (unpaired) electrons. The predicted octanol–water partition coefficient (Wildman–Crippen LogP) is 1.44. The van der Waals surface area contributed by atoms with Gasteiger partial charge in [-0.05, 0) is 18.8 Å². The van der Waals surface area contributed by atoms with Gasteiger partial charge in [0.2, 0.25) is 0 Å². The summed E-state index contributed by atoms with van der Waals surface area (Å²) in [5, 5.41) is 18.2. The average molecular weight is 239 g/mol. The number of methoxy groups -OCH3 is 1. The van der Waals surface area contributed by atoms with E-state index in [9.17, 15) is 5.11 Å². The van der Waals surface area contributed by atoms with E-state index in [-0.39, 0.29) is 0 Å². The van der Waals surface area contributed by atoms with Crippen molar-refractivity contribution in [1.82, 2.24) is 15.0 Å². The minimum absolute atomic E-state index is 0.479. The number of rotatable bonds is 3. The van der Waals surface area contributed by atoms with Crippen LogP contribution in [0.4, 0.5) is 0 Å². The Morgan fingerprint density at radius 2 is 2.41 bits per heavy atom. The van der Waals surface area contributed by atoms with Gasteiger partial charge in [0.25, 0.3) is 0 Å². The Morgan fingerprint density at radius 1 is 1.65 bits per heavy atom. The van der Waals surface area contributed by atoms with Crippen LogP contribution in [-0.4, -0.2) is 32.8 Å². The van der Waals surface area contributed by atoms with Crippen LogP contribution in [0.3, 0.4) is 0 Å². The number of ether oxygens (including phenoxy) is 1. The van der Waals surface area contributed by atoms with Crippen molar-refractivity contribution in [3.8, 4) is 0 Å². The second-order valence-electron chi connectivity index (χ2n) is 5.16. The summed E-state index contributed by atoms with van der Waals surface area (Å²) in [6.07, 6.45) is 5.04. The number of aromatic nitrogens is 3. The first-order valence-electron chi connectivity index (χ1n) is 6.17. The quantitative estimate of drug-likeness (QED) is 0.867. The molecule has 0 amide bonds. The minimum atomic E-state index is -0.657. The minimum Gasteiger partial charge on any atom is -0.384 e. The lowest BCUT2D eigenvalue weighted by atomic mass is 9.75. The van der Waals surface area contributed by atoms with Crippen molar-refractivity contribution in [2.45, 2.75) is 44.3 Å². The van der Waals surface area contributed by atoms with Crippen LogP contribution in [0.1, 0.15) is 44.4 Å². The molecular formula is C12H21N3O2. The zero-order chi connectivity index (χ0) is 12.5. The van der Waals surface area contributed by atoms with E-state index in [2.05, 4.69) is 17.2 Å². The number of aliphatic hydroxyl groups is 1. The van der Waals surface area contributed by atoms with Gasteiger partial charge in [0.05, 0.1) is 17.5 Å². The van der Waals surface area contributed by atoms with E-state index in [1.165, 1.54) is 6.42 Å². The van der Waals surface area contributed by atoms with Crippen molar-refractivity contribution in [3.05, 3.63) is 11.9 Å². The molecule has 2 rings (SSSR count). The average Bonchev–Trinajstić information content (AvgIpc) is 2.74. The first-order chi connectivity index (χ1) is 8.09. The maximum atomic E-state index is 10.6. The number of hydrogen-bond acceptors (Lipinski definition) is 4. The van der Waals surface area contributed by atoms with E-state index >= 15 is 0 Å². The second-order valence-corrected chi connectivity index (χ2v) is 5.16. The molecule has 0 aromatic carbocycles. The van der Waals surface area contributed by atoms with E-state index in [1.54, 1.807) is 25.0 Å². The van der Waals surface area contributed by atoms with Crippen LogP contribution in [0, 0.1) is 5.92 Å². The third-order valence-electron chi connectivity index (χ3n) is 3.93. The van der Waals surface area contributed by atoms with Crippen molar-refractivity contribution >= 4 is 0 Å². The third kappa shape index (κ3) is 2.21. The van der Waals surface area contributed by atoms with E-state index in [0.717, 1.165) is 25.0 Å². The maximum absolute atomic E-state index is 10.6.